The van der Waals surface area contributed by atoms with Crippen molar-refractivity contribution < 1.29 is 0 Å². The number of para-hydroxylation sites is 4. The van der Waals surface area contributed by atoms with Crippen molar-refractivity contribution in [1.82, 2.24) is 9.13 Å². The van der Waals surface area contributed by atoms with E-state index in [0.29, 0.717) is 11.3 Å². The van der Waals surface area contributed by atoms with Crippen molar-refractivity contribution in [3.63, 3.8) is 0 Å². The molecule has 0 bridgehead atoms. The average Bonchev–Trinajstić information content (AvgIpc) is 1.55. The molecule has 2 aliphatic carbocycles. The van der Waals surface area contributed by atoms with Crippen LogP contribution in [-0.4, -0.2) is 17.2 Å². The van der Waals surface area contributed by atoms with Crippen LogP contribution in [0.2, 0.25) is 0 Å². The summed E-state index contributed by atoms with van der Waals surface area (Å²) >= 11 is 0. The van der Waals surface area contributed by atoms with Crippen molar-refractivity contribution in [2.24, 2.45) is 0 Å². The lowest BCUT2D eigenvalue weighted by molar-refractivity contribution is 0.661. The summed E-state index contributed by atoms with van der Waals surface area (Å²) in [5.41, 5.74) is 23.6. The normalized spacial score (nSPS) is 13.2. The zero-order valence-corrected chi connectivity index (χ0v) is 56.4. The Bertz CT molecular complexity index is 5620. The Hall–Kier alpha value is -12.5. The number of nitrogens with zero attached hydrogens (tertiary/aromatic N) is 6. The van der Waals surface area contributed by atoms with Crippen LogP contribution in [0, 0.1) is 17.9 Å². The largest absolute Gasteiger partial charge is 0.311 e. The third kappa shape index (κ3) is 9.13. The molecule has 0 N–H and O–H groups in total. The van der Waals surface area contributed by atoms with Gasteiger partial charge in [-0.2, -0.15) is 5.26 Å². The summed E-state index contributed by atoms with van der Waals surface area (Å²) in [6.45, 7) is 17.5. The lowest BCUT2D eigenvalue weighted by Crippen LogP contribution is -2.75. The predicted octanol–water partition coefficient (Wildman–Crippen LogP) is 21.2. The molecule has 2 heterocycles. The van der Waals surface area contributed by atoms with Crippen molar-refractivity contribution in [1.29, 1.82) is 5.26 Å². The van der Waals surface area contributed by atoms with Crippen LogP contribution in [0.15, 0.2) is 328 Å². The SMILES string of the molecule is [C-]#[N+]c1ccc(N(c2ccc3c(c2)C(C)(C)c2cc([Si](c4ccccc4)(c4ccccc4)c4ccc5c(c4)C(C)(C)c4cc(N(c6ccc(C#N)cc6)c6ccc7c(c6)c6ccccc6n7-c6ccccc6)ccc4-5)ccc2-3)c2ccc3c(c2)c2ccccc2n3-c2ccccc2)cc1. The molecule has 0 unspecified atom stereocenters. The van der Waals surface area contributed by atoms with E-state index in [0.717, 1.165) is 67.6 Å². The fourth-order valence-electron chi connectivity index (χ4n) is 16.7. The van der Waals surface area contributed by atoms with Gasteiger partial charge in [-0.1, -0.05) is 222 Å². The molecule has 6 nitrogen and oxygen atoms in total. The Kier molecular flexibility index (Phi) is 13.6. The van der Waals surface area contributed by atoms with Crippen molar-refractivity contribution in [2.75, 3.05) is 9.80 Å². The third-order valence-electron chi connectivity index (χ3n) is 21.5. The monoisotopic (exact) mass is 1280 g/mol. The average molecular weight is 1280 g/mol. The first kappa shape index (κ1) is 59.0. The van der Waals surface area contributed by atoms with E-state index in [9.17, 15) is 5.26 Å². The molecule has 7 heteroatoms. The smallest absolute Gasteiger partial charge is 0.187 e. The maximum absolute atomic E-state index is 10.0. The van der Waals surface area contributed by atoms with Gasteiger partial charge in [0, 0.05) is 77.9 Å². The van der Waals surface area contributed by atoms with Gasteiger partial charge < -0.3 is 18.9 Å². The second kappa shape index (κ2) is 22.8. The fourth-order valence-corrected chi connectivity index (χ4v) is 21.5. The second-order valence-electron chi connectivity index (χ2n) is 27.4. The third-order valence-corrected chi connectivity index (χ3v) is 26.2. The van der Waals surface area contributed by atoms with E-state index in [-0.39, 0.29) is 0 Å². The van der Waals surface area contributed by atoms with E-state index in [1.165, 1.54) is 86.8 Å². The van der Waals surface area contributed by atoms with Crippen LogP contribution in [-0.2, 0) is 10.8 Å². The highest BCUT2D eigenvalue weighted by Crippen LogP contribution is 2.53. The van der Waals surface area contributed by atoms with Crippen molar-refractivity contribution >= 4 is 112 Å². The highest BCUT2D eigenvalue weighted by Gasteiger charge is 2.46. The molecule has 0 radical (unpaired) electrons. The number of nitriles is 1. The summed E-state index contributed by atoms with van der Waals surface area (Å²) in [6, 6.07) is 122. The maximum Gasteiger partial charge on any atom is 0.187 e. The number of fused-ring (bicyclic) bond motifs is 12. The van der Waals surface area contributed by atoms with E-state index in [1.807, 2.05) is 24.3 Å². The molecule has 0 saturated heterocycles. The highest BCUT2D eigenvalue weighted by molar-refractivity contribution is 7.20. The standard InChI is InChI=1S/C92H66N6Si/c1-91(2)83-56-69(95(65-38-34-61(60-93)35-39-65)67-44-52-89-81(54-67)79-30-18-20-32-87(79)97(89)63-22-10-6-11-23-63)42-48-75(83)77-50-46-73(58-85(77)91)99(71-26-14-8-15-27-71,72-28-16-9-17-29-72)74-47-51-78-76-49-43-70(57-84(76)92(3,4)86(78)59-74)96(66-40-36-62(94-5)37-41-66)68-45-53-90-82(55-68)80-31-19-21-33-88(80)98(90)64-24-12-7-13-25-64/h6-59H,1-4H3. The Morgan fingerprint density at radius 3 is 1.07 bits per heavy atom. The van der Waals surface area contributed by atoms with Crippen molar-refractivity contribution in [2.45, 2.75) is 38.5 Å². The highest BCUT2D eigenvalue weighted by atomic mass is 28.3. The van der Waals surface area contributed by atoms with Crippen LogP contribution in [0.4, 0.5) is 39.8 Å². The first-order valence-electron chi connectivity index (χ1n) is 34.0. The van der Waals surface area contributed by atoms with Gasteiger partial charge in [0.05, 0.1) is 40.3 Å². The Balaban J connectivity index is 0.754. The molecule has 0 amide bonds. The van der Waals surface area contributed by atoms with Crippen LogP contribution in [0.25, 0.3) is 82.1 Å². The number of benzene rings is 14. The minimum atomic E-state index is -3.16. The van der Waals surface area contributed by atoms with E-state index in [1.54, 1.807) is 0 Å². The number of hydrogen-bond acceptors (Lipinski definition) is 3. The van der Waals surface area contributed by atoms with E-state index >= 15 is 0 Å². The van der Waals surface area contributed by atoms with Gasteiger partial charge in [0.15, 0.2) is 13.8 Å². The molecule has 2 aliphatic rings. The first-order chi connectivity index (χ1) is 48.5. The Morgan fingerprint density at radius 2 is 0.657 bits per heavy atom. The molecule has 16 aromatic rings. The van der Waals surface area contributed by atoms with Crippen LogP contribution in [0.3, 0.4) is 0 Å². The molecule has 99 heavy (non-hydrogen) atoms. The molecular weight excluding hydrogens is 1220 g/mol. The lowest BCUT2D eigenvalue weighted by atomic mass is 9.82. The zero-order valence-electron chi connectivity index (χ0n) is 55.4. The molecule has 0 saturated carbocycles. The van der Waals surface area contributed by atoms with Crippen molar-refractivity contribution in [3.05, 3.63) is 367 Å². The maximum atomic E-state index is 10.0. The molecule has 0 spiro atoms. The second-order valence-corrected chi connectivity index (χ2v) is 31.3. The van der Waals surface area contributed by atoms with Crippen molar-refractivity contribution in [3.8, 4) is 39.7 Å². The topological polar surface area (TPSA) is 44.5 Å². The van der Waals surface area contributed by atoms with Crippen LogP contribution >= 0.6 is 0 Å². The molecule has 0 fully saturated rings. The van der Waals surface area contributed by atoms with Gasteiger partial charge in [-0.05, 0) is 199 Å². The van der Waals surface area contributed by atoms with Gasteiger partial charge >= 0.3 is 0 Å². The first-order valence-corrected chi connectivity index (χ1v) is 36.0. The van der Waals surface area contributed by atoms with Gasteiger partial charge in [0.2, 0.25) is 0 Å². The number of aromatic nitrogens is 2. The summed E-state index contributed by atoms with van der Waals surface area (Å²) in [7, 11) is -3.16. The van der Waals surface area contributed by atoms with Gasteiger partial charge in [-0.15, -0.1) is 0 Å². The van der Waals surface area contributed by atoms with E-state index in [2.05, 4.69) is 361 Å². The van der Waals surface area contributed by atoms with Crippen LogP contribution in [0.1, 0.15) is 55.5 Å². The summed E-state index contributed by atoms with van der Waals surface area (Å²) in [5.74, 6) is 0. The van der Waals surface area contributed by atoms with E-state index in [4.69, 9.17) is 6.57 Å². The fraction of sp³-hybridized carbons (Fsp3) is 0.0652. The molecular formula is C92H66N6Si. The number of hydrogen-bond donors (Lipinski definition) is 0. The molecule has 0 aliphatic heterocycles. The summed E-state index contributed by atoms with van der Waals surface area (Å²) in [6.07, 6.45) is 0. The summed E-state index contributed by atoms with van der Waals surface area (Å²) in [4.78, 5) is 8.52. The predicted molar refractivity (Wildman–Crippen MR) is 414 cm³/mol. The minimum Gasteiger partial charge on any atom is -0.311 e. The quantitative estimate of drug-likeness (QED) is 0.0696. The van der Waals surface area contributed by atoms with Gasteiger partial charge in [-0.25, -0.2) is 4.85 Å². The van der Waals surface area contributed by atoms with Gasteiger partial charge in [-0.3, -0.25) is 0 Å². The lowest BCUT2D eigenvalue weighted by Gasteiger charge is -2.36. The number of anilines is 6. The summed E-state index contributed by atoms with van der Waals surface area (Å²) < 4.78 is 4.73. The molecule has 18 rings (SSSR count). The molecule has 14 aromatic carbocycles. The number of rotatable bonds is 12. The van der Waals surface area contributed by atoms with E-state index < -0.39 is 18.9 Å². The minimum absolute atomic E-state index is 0.394. The Morgan fingerprint density at radius 1 is 0.323 bits per heavy atom. The summed E-state index contributed by atoms with van der Waals surface area (Å²) in [5, 5.41) is 20.0. The van der Waals surface area contributed by atoms with Crippen LogP contribution in [0.5, 0.6) is 0 Å². The Labute approximate surface area is 577 Å². The molecule has 0 atom stereocenters. The van der Waals surface area contributed by atoms with Gasteiger partial charge in [0.1, 0.15) is 0 Å². The zero-order chi connectivity index (χ0) is 66.7. The van der Waals surface area contributed by atoms with Gasteiger partial charge in [0.25, 0.3) is 0 Å². The van der Waals surface area contributed by atoms with Crippen LogP contribution < -0.4 is 30.5 Å². The molecule has 2 aromatic heterocycles. The molecule has 468 valence electrons.